The van der Waals surface area contributed by atoms with Gasteiger partial charge in [0.15, 0.2) is 5.96 Å². The van der Waals surface area contributed by atoms with Crippen molar-refractivity contribution in [1.82, 2.24) is 20.5 Å². The van der Waals surface area contributed by atoms with Crippen molar-refractivity contribution in [3.63, 3.8) is 0 Å². The van der Waals surface area contributed by atoms with Crippen LogP contribution in [0, 0.1) is 11.8 Å². The first kappa shape index (κ1) is 27.6. The molecule has 2 fully saturated rings. The minimum atomic E-state index is -0.220. The maximum absolute atomic E-state index is 11.7. The number of halogens is 1. The van der Waals surface area contributed by atoms with Gasteiger partial charge in [-0.25, -0.2) is 9.98 Å². The number of carbonyl (C=O) groups excluding carboxylic acids is 1. The van der Waals surface area contributed by atoms with Gasteiger partial charge in [-0.15, -0.1) is 24.0 Å². The van der Waals surface area contributed by atoms with Crippen LogP contribution >= 0.6 is 24.0 Å². The molecule has 2 aliphatic heterocycles. The second-order valence-corrected chi connectivity index (χ2v) is 9.17. The quantitative estimate of drug-likeness (QED) is 0.183. The summed E-state index contributed by atoms with van der Waals surface area (Å²) in [6.45, 7) is 11.8. The lowest BCUT2D eigenvalue weighted by Crippen LogP contribution is -2.42. The summed E-state index contributed by atoms with van der Waals surface area (Å²) >= 11 is 0. The Hall–Kier alpha value is -1.62. The molecule has 0 aliphatic carbocycles. The second kappa shape index (κ2) is 14.6. The predicted octanol–water partition coefficient (Wildman–Crippen LogP) is 2.58. The number of rotatable bonds is 9. The molecule has 0 saturated carbocycles. The molecule has 9 heteroatoms. The number of hydrogen-bond donors (Lipinski definition) is 3. The van der Waals surface area contributed by atoms with E-state index in [4.69, 9.17) is 10.7 Å². The lowest BCUT2D eigenvalue weighted by atomic mass is 9.97. The van der Waals surface area contributed by atoms with Gasteiger partial charge in [0.05, 0.1) is 12.5 Å². The number of nitrogens with two attached hydrogens (primary N) is 1. The van der Waals surface area contributed by atoms with Gasteiger partial charge in [-0.1, -0.05) is 13.0 Å². The molecule has 33 heavy (non-hydrogen) atoms. The number of piperidine rings is 2. The molecule has 1 aromatic heterocycles. The fourth-order valence-corrected chi connectivity index (χ4v) is 4.54. The maximum atomic E-state index is 11.7. The number of carbonyl (C=O) groups is 1. The summed E-state index contributed by atoms with van der Waals surface area (Å²) in [6, 6.07) is 4.02. The van der Waals surface area contributed by atoms with Crippen molar-refractivity contribution in [3.05, 3.63) is 23.9 Å². The van der Waals surface area contributed by atoms with Gasteiger partial charge in [0.2, 0.25) is 5.91 Å². The van der Waals surface area contributed by atoms with Crippen LogP contribution in [0.5, 0.6) is 0 Å². The lowest BCUT2D eigenvalue weighted by Gasteiger charge is -2.33. The van der Waals surface area contributed by atoms with Gasteiger partial charge < -0.3 is 26.2 Å². The highest BCUT2D eigenvalue weighted by Gasteiger charge is 2.26. The van der Waals surface area contributed by atoms with Crippen LogP contribution in [0.15, 0.2) is 23.3 Å². The molecule has 0 spiro atoms. The van der Waals surface area contributed by atoms with Crippen LogP contribution in [0.4, 0.5) is 5.82 Å². The number of likely N-dealkylation sites (tertiary alicyclic amines) is 1. The van der Waals surface area contributed by atoms with E-state index in [-0.39, 0.29) is 35.8 Å². The number of hydrogen-bond acceptors (Lipinski definition) is 5. The molecule has 0 aromatic carbocycles. The van der Waals surface area contributed by atoms with Crippen molar-refractivity contribution in [2.24, 2.45) is 22.6 Å². The predicted molar refractivity (Wildman–Crippen MR) is 146 cm³/mol. The van der Waals surface area contributed by atoms with E-state index in [1.54, 1.807) is 6.20 Å². The molecule has 2 aliphatic rings. The first-order valence-electron chi connectivity index (χ1n) is 12.3. The maximum Gasteiger partial charge on any atom is 0.222 e. The number of guanidine groups is 1. The van der Waals surface area contributed by atoms with E-state index >= 15 is 0 Å². The number of nitrogens with one attached hydrogen (secondary N) is 2. The first-order valence-corrected chi connectivity index (χ1v) is 12.3. The Kier molecular flexibility index (Phi) is 12.2. The van der Waals surface area contributed by atoms with Crippen molar-refractivity contribution in [1.29, 1.82) is 0 Å². The zero-order valence-electron chi connectivity index (χ0n) is 20.3. The van der Waals surface area contributed by atoms with Gasteiger partial charge in [0.25, 0.3) is 0 Å². The standard InChI is InChI=1S/C24H41N7O.HI/c1-3-26-24(28-12-6-13-30-15-9-19(2)10-16-30)29-17-20-7-4-11-27-23(20)31-14-5-8-21(18-31)22(25)32;/h4,7,11,19,21H,3,5-6,8-10,12-18H2,1-2H3,(H2,25,32)(H2,26,28,29);1H. The van der Waals surface area contributed by atoms with E-state index in [1.165, 1.54) is 25.9 Å². The van der Waals surface area contributed by atoms with Gasteiger partial charge in [-0.3, -0.25) is 4.79 Å². The molecule has 1 amide bonds. The topological polar surface area (TPSA) is 98.9 Å². The van der Waals surface area contributed by atoms with Crippen LogP contribution in [0.1, 0.15) is 51.5 Å². The molecular formula is C24H42IN7O. The van der Waals surface area contributed by atoms with Crippen LogP contribution in [0.2, 0.25) is 0 Å². The minimum absolute atomic E-state index is 0. The Labute approximate surface area is 216 Å². The van der Waals surface area contributed by atoms with E-state index in [0.717, 1.165) is 68.7 Å². The van der Waals surface area contributed by atoms with Crippen LogP contribution < -0.4 is 21.3 Å². The molecule has 0 bridgehead atoms. The highest BCUT2D eigenvalue weighted by molar-refractivity contribution is 14.0. The molecule has 3 rings (SSSR count). The summed E-state index contributed by atoms with van der Waals surface area (Å²) in [5.41, 5.74) is 6.63. The van der Waals surface area contributed by atoms with Gasteiger partial charge >= 0.3 is 0 Å². The Morgan fingerprint density at radius 2 is 2.03 bits per heavy atom. The summed E-state index contributed by atoms with van der Waals surface area (Å²) in [7, 11) is 0. The number of primary amides is 1. The third-order valence-corrected chi connectivity index (χ3v) is 6.56. The molecule has 186 valence electrons. The Bertz CT molecular complexity index is 752. The van der Waals surface area contributed by atoms with E-state index in [2.05, 4.69) is 45.3 Å². The zero-order valence-corrected chi connectivity index (χ0v) is 22.6. The number of nitrogens with zero attached hydrogens (tertiary/aromatic N) is 4. The molecule has 1 aromatic rings. The third kappa shape index (κ3) is 8.92. The molecule has 2 saturated heterocycles. The Morgan fingerprint density at radius 3 is 2.76 bits per heavy atom. The molecule has 3 heterocycles. The normalized spacial score (nSPS) is 20.2. The first-order chi connectivity index (χ1) is 15.6. The number of pyridine rings is 1. The molecule has 8 nitrogen and oxygen atoms in total. The fraction of sp³-hybridized carbons (Fsp3) is 0.708. The molecule has 1 atom stereocenters. The van der Waals surface area contributed by atoms with Crippen LogP contribution in [-0.4, -0.2) is 67.6 Å². The molecule has 0 radical (unpaired) electrons. The van der Waals surface area contributed by atoms with Crippen molar-refractivity contribution in [3.8, 4) is 0 Å². The van der Waals surface area contributed by atoms with Gasteiger partial charge in [-0.05, 0) is 70.6 Å². The highest BCUT2D eigenvalue weighted by Crippen LogP contribution is 2.25. The minimum Gasteiger partial charge on any atom is -0.369 e. The van der Waals surface area contributed by atoms with E-state index in [0.29, 0.717) is 13.1 Å². The third-order valence-electron chi connectivity index (χ3n) is 6.56. The number of aliphatic imine (C=N–C) groups is 1. The number of anilines is 1. The lowest BCUT2D eigenvalue weighted by molar-refractivity contribution is -0.122. The number of amides is 1. The average molecular weight is 572 g/mol. The monoisotopic (exact) mass is 571 g/mol. The highest BCUT2D eigenvalue weighted by atomic mass is 127. The van der Waals surface area contributed by atoms with Crippen molar-refractivity contribution in [2.45, 2.75) is 52.5 Å². The van der Waals surface area contributed by atoms with Crippen LogP contribution in [-0.2, 0) is 11.3 Å². The zero-order chi connectivity index (χ0) is 22.8. The SMILES string of the molecule is CCNC(=NCc1cccnc1N1CCCC(C(N)=O)C1)NCCCN1CCC(C)CC1.I. The van der Waals surface area contributed by atoms with Gasteiger partial charge in [0, 0.05) is 37.9 Å². The van der Waals surface area contributed by atoms with E-state index < -0.39 is 0 Å². The van der Waals surface area contributed by atoms with E-state index in [9.17, 15) is 4.79 Å². The smallest absolute Gasteiger partial charge is 0.222 e. The summed E-state index contributed by atoms with van der Waals surface area (Å²) < 4.78 is 0. The summed E-state index contributed by atoms with van der Waals surface area (Å²) in [4.78, 5) is 25.9. The second-order valence-electron chi connectivity index (χ2n) is 9.17. The summed E-state index contributed by atoms with van der Waals surface area (Å²) in [5, 5.41) is 6.83. The van der Waals surface area contributed by atoms with E-state index in [1.807, 2.05) is 6.07 Å². The van der Waals surface area contributed by atoms with Crippen molar-refractivity contribution >= 4 is 41.7 Å². The average Bonchev–Trinajstić information content (AvgIpc) is 2.81. The molecular weight excluding hydrogens is 529 g/mol. The van der Waals surface area contributed by atoms with Gasteiger partial charge in [0.1, 0.15) is 5.82 Å². The van der Waals surface area contributed by atoms with Crippen LogP contribution in [0.25, 0.3) is 0 Å². The Balaban J connectivity index is 0.00000385. The molecule has 4 N–H and O–H groups in total. The fourth-order valence-electron chi connectivity index (χ4n) is 4.54. The van der Waals surface area contributed by atoms with Gasteiger partial charge in [-0.2, -0.15) is 0 Å². The Morgan fingerprint density at radius 1 is 1.24 bits per heavy atom. The van der Waals surface area contributed by atoms with Crippen molar-refractivity contribution < 1.29 is 4.79 Å². The largest absolute Gasteiger partial charge is 0.369 e. The van der Waals surface area contributed by atoms with Crippen LogP contribution in [0.3, 0.4) is 0 Å². The van der Waals surface area contributed by atoms with Crippen molar-refractivity contribution in [2.75, 3.05) is 50.7 Å². The molecule has 1 unspecified atom stereocenters. The summed E-state index contributed by atoms with van der Waals surface area (Å²) in [5.74, 6) is 2.30. The number of aromatic nitrogens is 1. The summed E-state index contributed by atoms with van der Waals surface area (Å²) in [6.07, 6.45) is 7.37.